The minimum Gasteiger partial charge on any atom is -0.508 e. The number of benzene rings is 1. The molecule has 1 N–H and O–H groups in total. The van der Waals surface area contributed by atoms with Crippen LogP contribution >= 0.6 is 28.3 Å². The summed E-state index contributed by atoms with van der Waals surface area (Å²) < 4.78 is 0. The SMILES string of the molecule is Br.Cc1csc(-c2ccc(O)cc2)n1. The van der Waals surface area contributed by atoms with E-state index in [1.165, 1.54) is 0 Å². The van der Waals surface area contributed by atoms with E-state index in [-0.39, 0.29) is 22.7 Å². The van der Waals surface area contributed by atoms with E-state index in [4.69, 9.17) is 5.11 Å². The van der Waals surface area contributed by atoms with E-state index in [1.807, 2.05) is 24.4 Å². The van der Waals surface area contributed by atoms with E-state index in [1.54, 1.807) is 23.5 Å². The second-order valence-corrected chi connectivity index (χ2v) is 3.70. The average Bonchev–Trinajstić information content (AvgIpc) is 2.53. The number of aromatic nitrogens is 1. The number of rotatable bonds is 1. The van der Waals surface area contributed by atoms with Crippen LogP contribution < -0.4 is 0 Å². The molecule has 14 heavy (non-hydrogen) atoms. The van der Waals surface area contributed by atoms with Crippen LogP contribution in [0.4, 0.5) is 0 Å². The maximum Gasteiger partial charge on any atom is 0.123 e. The molecule has 2 nitrogen and oxygen atoms in total. The first-order valence-electron chi connectivity index (χ1n) is 3.97. The Bertz CT molecular complexity index is 410. The summed E-state index contributed by atoms with van der Waals surface area (Å²) in [5.74, 6) is 0.289. The van der Waals surface area contributed by atoms with Crippen molar-refractivity contribution in [3.05, 3.63) is 35.3 Å². The number of halogens is 1. The monoisotopic (exact) mass is 271 g/mol. The van der Waals surface area contributed by atoms with Gasteiger partial charge in [-0.2, -0.15) is 0 Å². The number of thiazole rings is 1. The van der Waals surface area contributed by atoms with Gasteiger partial charge in [-0.3, -0.25) is 0 Å². The van der Waals surface area contributed by atoms with Gasteiger partial charge in [-0.1, -0.05) is 0 Å². The Morgan fingerprint density at radius 2 is 1.86 bits per heavy atom. The van der Waals surface area contributed by atoms with Gasteiger partial charge in [0.15, 0.2) is 0 Å². The van der Waals surface area contributed by atoms with Crippen molar-refractivity contribution in [3.8, 4) is 16.3 Å². The van der Waals surface area contributed by atoms with Crippen LogP contribution in [0.3, 0.4) is 0 Å². The molecule has 0 aliphatic rings. The third-order valence-electron chi connectivity index (χ3n) is 1.73. The predicted molar refractivity (Wildman–Crippen MR) is 64.3 cm³/mol. The van der Waals surface area contributed by atoms with Crippen molar-refractivity contribution in [2.75, 3.05) is 0 Å². The molecule has 0 spiro atoms. The Kier molecular flexibility index (Phi) is 3.66. The van der Waals surface area contributed by atoms with Crippen LogP contribution in [-0.2, 0) is 0 Å². The Hall–Kier alpha value is -0.870. The second-order valence-electron chi connectivity index (χ2n) is 2.84. The van der Waals surface area contributed by atoms with Gasteiger partial charge >= 0.3 is 0 Å². The Morgan fingerprint density at radius 1 is 1.21 bits per heavy atom. The summed E-state index contributed by atoms with van der Waals surface area (Å²) in [5, 5.41) is 12.1. The molecular formula is C10H10BrNOS. The molecular weight excluding hydrogens is 262 g/mol. The first kappa shape index (κ1) is 11.2. The highest BCUT2D eigenvalue weighted by Gasteiger charge is 2.01. The van der Waals surface area contributed by atoms with Crippen molar-refractivity contribution < 1.29 is 5.11 Å². The minimum absolute atomic E-state index is 0. The number of phenolic OH excluding ortho intramolecular Hbond substituents is 1. The summed E-state index contributed by atoms with van der Waals surface area (Å²) >= 11 is 1.62. The Morgan fingerprint density at radius 3 is 2.36 bits per heavy atom. The van der Waals surface area contributed by atoms with E-state index in [2.05, 4.69) is 4.98 Å². The van der Waals surface area contributed by atoms with Crippen molar-refractivity contribution >= 4 is 28.3 Å². The molecule has 1 heterocycles. The molecule has 74 valence electrons. The van der Waals surface area contributed by atoms with E-state index >= 15 is 0 Å². The van der Waals surface area contributed by atoms with E-state index in [9.17, 15) is 0 Å². The van der Waals surface area contributed by atoms with Gasteiger partial charge in [0.2, 0.25) is 0 Å². The largest absolute Gasteiger partial charge is 0.508 e. The molecule has 0 saturated heterocycles. The summed E-state index contributed by atoms with van der Waals surface area (Å²) in [7, 11) is 0. The van der Waals surface area contributed by atoms with Gasteiger partial charge in [-0.05, 0) is 31.2 Å². The highest BCUT2D eigenvalue weighted by Crippen LogP contribution is 2.24. The van der Waals surface area contributed by atoms with E-state index in [0.29, 0.717) is 0 Å². The molecule has 0 aliphatic heterocycles. The number of nitrogens with zero attached hydrogens (tertiary/aromatic N) is 1. The summed E-state index contributed by atoms with van der Waals surface area (Å²) in [6.45, 7) is 1.97. The molecule has 0 atom stereocenters. The standard InChI is InChI=1S/C10H9NOS.BrH/c1-7-6-13-10(11-7)8-2-4-9(12)5-3-8;/h2-6,12H,1H3;1H. The predicted octanol–water partition coefficient (Wildman–Crippen LogP) is 3.40. The smallest absolute Gasteiger partial charge is 0.123 e. The average molecular weight is 272 g/mol. The van der Waals surface area contributed by atoms with Gasteiger partial charge in [0.25, 0.3) is 0 Å². The summed E-state index contributed by atoms with van der Waals surface area (Å²) in [6, 6.07) is 7.08. The van der Waals surface area contributed by atoms with Gasteiger partial charge in [0.1, 0.15) is 10.8 Å². The molecule has 4 heteroatoms. The lowest BCUT2D eigenvalue weighted by Crippen LogP contribution is -1.75. The summed E-state index contributed by atoms with van der Waals surface area (Å²) in [6.07, 6.45) is 0. The third kappa shape index (κ3) is 2.33. The van der Waals surface area contributed by atoms with Gasteiger partial charge in [-0.25, -0.2) is 4.98 Å². The van der Waals surface area contributed by atoms with Gasteiger partial charge in [0.05, 0.1) is 0 Å². The lowest BCUT2D eigenvalue weighted by Gasteiger charge is -1.95. The molecule has 1 aromatic carbocycles. The zero-order valence-corrected chi connectivity index (χ0v) is 10.1. The fourth-order valence-corrected chi connectivity index (χ4v) is 1.89. The molecule has 0 saturated carbocycles. The maximum atomic E-state index is 9.09. The molecule has 2 rings (SSSR count). The number of hydrogen-bond acceptors (Lipinski definition) is 3. The molecule has 0 fully saturated rings. The van der Waals surface area contributed by atoms with E-state index in [0.717, 1.165) is 16.3 Å². The highest BCUT2D eigenvalue weighted by atomic mass is 79.9. The molecule has 1 aromatic heterocycles. The van der Waals surface area contributed by atoms with Gasteiger partial charge < -0.3 is 5.11 Å². The van der Waals surface area contributed by atoms with Gasteiger partial charge in [0, 0.05) is 16.6 Å². The number of aryl methyl sites for hydroxylation is 1. The molecule has 0 amide bonds. The van der Waals surface area contributed by atoms with Crippen LogP contribution in [0.15, 0.2) is 29.6 Å². The third-order valence-corrected chi connectivity index (χ3v) is 2.74. The van der Waals surface area contributed by atoms with Crippen LogP contribution in [0.2, 0.25) is 0 Å². The normalized spacial score (nSPS) is 9.50. The highest BCUT2D eigenvalue weighted by molar-refractivity contribution is 8.93. The topological polar surface area (TPSA) is 33.1 Å². The Balaban J connectivity index is 0.000000980. The summed E-state index contributed by atoms with van der Waals surface area (Å²) in [5.41, 5.74) is 2.09. The molecule has 0 bridgehead atoms. The molecule has 0 radical (unpaired) electrons. The second kappa shape index (κ2) is 4.57. The summed E-state index contributed by atoms with van der Waals surface area (Å²) in [4.78, 5) is 4.35. The van der Waals surface area contributed by atoms with Crippen molar-refractivity contribution in [2.24, 2.45) is 0 Å². The molecule has 0 unspecified atom stereocenters. The first-order valence-corrected chi connectivity index (χ1v) is 4.85. The quantitative estimate of drug-likeness (QED) is 0.863. The fourth-order valence-electron chi connectivity index (χ4n) is 1.09. The van der Waals surface area contributed by atoms with Crippen LogP contribution in [0.25, 0.3) is 10.6 Å². The zero-order valence-electron chi connectivity index (χ0n) is 7.60. The zero-order chi connectivity index (χ0) is 9.26. The van der Waals surface area contributed by atoms with Crippen molar-refractivity contribution in [3.63, 3.8) is 0 Å². The van der Waals surface area contributed by atoms with Gasteiger partial charge in [-0.15, -0.1) is 28.3 Å². The Labute approximate surface area is 97.0 Å². The lowest BCUT2D eigenvalue weighted by molar-refractivity contribution is 0.475. The fraction of sp³-hybridized carbons (Fsp3) is 0.100. The van der Waals surface area contributed by atoms with Crippen molar-refractivity contribution in [1.29, 1.82) is 0 Å². The van der Waals surface area contributed by atoms with Crippen LogP contribution in [-0.4, -0.2) is 10.1 Å². The number of aromatic hydroxyl groups is 1. The van der Waals surface area contributed by atoms with Crippen molar-refractivity contribution in [2.45, 2.75) is 6.92 Å². The number of hydrogen-bond donors (Lipinski definition) is 1. The molecule has 0 aliphatic carbocycles. The first-order chi connectivity index (χ1) is 6.25. The molecule has 2 aromatic rings. The minimum atomic E-state index is 0. The lowest BCUT2D eigenvalue weighted by atomic mass is 10.2. The van der Waals surface area contributed by atoms with Crippen LogP contribution in [0.1, 0.15) is 5.69 Å². The van der Waals surface area contributed by atoms with Crippen LogP contribution in [0.5, 0.6) is 5.75 Å². The van der Waals surface area contributed by atoms with Crippen LogP contribution in [0, 0.1) is 6.92 Å². The van der Waals surface area contributed by atoms with Crippen molar-refractivity contribution in [1.82, 2.24) is 4.98 Å². The number of phenols is 1. The van der Waals surface area contributed by atoms with E-state index < -0.39 is 0 Å². The maximum absolute atomic E-state index is 9.09.